The van der Waals surface area contributed by atoms with E-state index in [1.165, 1.54) is 18.4 Å². The van der Waals surface area contributed by atoms with Gasteiger partial charge in [-0.25, -0.2) is 4.79 Å². The number of carbonyl (C=O) groups is 2. The summed E-state index contributed by atoms with van der Waals surface area (Å²) >= 11 is 1.30. The van der Waals surface area contributed by atoms with E-state index in [4.69, 9.17) is 0 Å². The zero-order valence-corrected chi connectivity index (χ0v) is 14.5. The molecule has 0 radical (unpaired) electrons. The van der Waals surface area contributed by atoms with E-state index in [-0.39, 0.29) is 12.0 Å². The summed E-state index contributed by atoms with van der Waals surface area (Å²) in [6, 6.07) is 7.61. The average Bonchev–Trinajstić information content (AvgIpc) is 3.00. The lowest BCUT2D eigenvalue weighted by Gasteiger charge is -2.05. The van der Waals surface area contributed by atoms with E-state index < -0.39 is 0 Å². The Balaban J connectivity index is 1.75. The Kier molecular flexibility index (Phi) is 6.68. The first-order valence-corrected chi connectivity index (χ1v) is 8.38. The number of anilines is 1. The number of benzene rings is 1. The van der Waals surface area contributed by atoms with Crippen LogP contribution in [-0.2, 0) is 22.5 Å². The van der Waals surface area contributed by atoms with Crippen LogP contribution in [0.15, 0.2) is 24.3 Å². The number of carbonyl (C=O) groups excluding carboxylic acids is 2. The Labute approximate surface area is 144 Å². The molecule has 24 heavy (non-hydrogen) atoms. The van der Waals surface area contributed by atoms with E-state index in [0.29, 0.717) is 30.9 Å². The fourth-order valence-corrected chi connectivity index (χ4v) is 2.81. The number of amides is 2. The van der Waals surface area contributed by atoms with E-state index in [1.807, 2.05) is 31.2 Å². The number of methoxy groups -OCH3 is 1. The number of aromatic nitrogens is 2. The lowest BCUT2D eigenvalue weighted by atomic mass is 10.1. The van der Waals surface area contributed by atoms with Crippen molar-refractivity contribution >= 4 is 28.5 Å². The summed E-state index contributed by atoms with van der Waals surface area (Å²) < 4.78 is 4.58. The van der Waals surface area contributed by atoms with Gasteiger partial charge in [0, 0.05) is 19.4 Å². The van der Waals surface area contributed by atoms with Gasteiger partial charge < -0.3 is 10.1 Å². The highest BCUT2D eigenvalue weighted by molar-refractivity contribution is 7.15. The Morgan fingerprint density at radius 3 is 2.88 bits per heavy atom. The van der Waals surface area contributed by atoms with E-state index in [0.717, 1.165) is 16.1 Å². The average molecular weight is 348 g/mol. The Hall–Kier alpha value is -2.48. The van der Waals surface area contributed by atoms with Gasteiger partial charge in [-0.15, -0.1) is 10.2 Å². The van der Waals surface area contributed by atoms with Gasteiger partial charge in [0.25, 0.3) is 0 Å². The van der Waals surface area contributed by atoms with Crippen molar-refractivity contribution in [2.45, 2.75) is 32.7 Å². The van der Waals surface area contributed by atoms with Crippen LogP contribution in [0.2, 0.25) is 0 Å². The number of nitrogens with one attached hydrogen (secondary N) is 2. The summed E-state index contributed by atoms with van der Waals surface area (Å²) in [6.45, 7) is 2.45. The van der Waals surface area contributed by atoms with E-state index in [2.05, 4.69) is 25.6 Å². The third kappa shape index (κ3) is 5.96. The molecule has 8 heteroatoms. The summed E-state index contributed by atoms with van der Waals surface area (Å²) in [7, 11) is 1.37. The minimum absolute atomic E-state index is 0.242. The number of ether oxygens (including phenoxy) is 1. The SMILES string of the molecule is COC(=O)CCCc1nnc(NC(=O)NCc2cccc(C)c2)s1. The van der Waals surface area contributed by atoms with Gasteiger partial charge in [0.1, 0.15) is 5.01 Å². The number of hydrogen-bond donors (Lipinski definition) is 2. The van der Waals surface area contributed by atoms with Crippen molar-refractivity contribution in [1.82, 2.24) is 15.5 Å². The molecule has 1 heterocycles. The molecule has 0 saturated heterocycles. The van der Waals surface area contributed by atoms with E-state index in [9.17, 15) is 9.59 Å². The van der Waals surface area contributed by atoms with Crippen molar-refractivity contribution in [3.05, 3.63) is 40.4 Å². The van der Waals surface area contributed by atoms with Crippen molar-refractivity contribution < 1.29 is 14.3 Å². The van der Waals surface area contributed by atoms with Crippen LogP contribution in [0.5, 0.6) is 0 Å². The van der Waals surface area contributed by atoms with Crippen LogP contribution in [-0.4, -0.2) is 29.3 Å². The van der Waals surface area contributed by atoms with E-state index in [1.54, 1.807) is 0 Å². The molecule has 1 aromatic heterocycles. The molecule has 2 N–H and O–H groups in total. The van der Waals surface area contributed by atoms with Gasteiger partial charge in [0.2, 0.25) is 5.13 Å². The normalized spacial score (nSPS) is 10.2. The minimum atomic E-state index is -0.325. The van der Waals surface area contributed by atoms with Crippen LogP contribution in [0, 0.1) is 6.92 Å². The van der Waals surface area contributed by atoms with Gasteiger partial charge >= 0.3 is 12.0 Å². The molecule has 2 rings (SSSR count). The maximum Gasteiger partial charge on any atom is 0.321 e. The van der Waals surface area contributed by atoms with Gasteiger partial charge in [-0.05, 0) is 18.9 Å². The second-order valence-electron chi connectivity index (χ2n) is 5.23. The van der Waals surface area contributed by atoms with E-state index >= 15 is 0 Å². The van der Waals surface area contributed by atoms with Gasteiger partial charge in [-0.2, -0.15) is 0 Å². The predicted molar refractivity (Wildman–Crippen MR) is 91.9 cm³/mol. The highest BCUT2D eigenvalue weighted by Gasteiger charge is 2.09. The largest absolute Gasteiger partial charge is 0.469 e. The smallest absolute Gasteiger partial charge is 0.321 e. The summed E-state index contributed by atoms with van der Waals surface area (Å²) in [6.07, 6.45) is 1.61. The molecule has 0 saturated carbocycles. The Morgan fingerprint density at radius 1 is 1.29 bits per heavy atom. The maximum atomic E-state index is 11.9. The zero-order valence-electron chi connectivity index (χ0n) is 13.7. The van der Waals surface area contributed by atoms with Crippen molar-refractivity contribution in [3.8, 4) is 0 Å². The van der Waals surface area contributed by atoms with Gasteiger partial charge in [0.15, 0.2) is 0 Å². The topological polar surface area (TPSA) is 93.2 Å². The summed E-state index contributed by atoms with van der Waals surface area (Å²) in [5.74, 6) is -0.242. The quantitative estimate of drug-likeness (QED) is 0.750. The molecule has 1 aromatic carbocycles. The Bertz CT molecular complexity index is 702. The van der Waals surface area contributed by atoms with Crippen molar-refractivity contribution in [2.24, 2.45) is 0 Å². The fraction of sp³-hybridized carbons (Fsp3) is 0.375. The second kappa shape index (κ2) is 8.97. The molecule has 0 aliphatic heterocycles. The number of nitrogens with zero attached hydrogens (tertiary/aromatic N) is 2. The molecular formula is C16H20N4O3S. The number of hydrogen-bond acceptors (Lipinski definition) is 6. The van der Waals surface area contributed by atoms with Crippen LogP contribution in [0.3, 0.4) is 0 Å². The van der Waals surface area contributed by atoms with Crippen LogP contribution < -0.4 is 10.6 Å². The maximum absolute atomic E-state index is 11.9. The number of esters is 1. The first-order valence-electron chi connectivity index (χ1n) is 7.56. The molecule has 128 valence electrons. The number of aryl methyl sites for hydroxylation is 2. The molecule has 2 aromatic rings. The molecule has 0 atom stereocenters. The number of rotatable bonds is 7. The molecule has 2 amide bonds. The van der Waals surface area contributed by atoms with Crippen LogP contribution >= 0.6 is 11.3 Å². The first-order chi connectivity index (χ1) is 11.6. The van der Waals surface area contributed by atoms with Crippen molar-refractivity contribution in [2.75, 3.05) is 12.4 Å². The van der Waals surface area contributed by atoms with Gasteiger partial charge in [0.05, 0.1) is 7.11 Å². The number of urea groups is 1. The highest BCUT2D eigenvalue weighted by Crippen LogP contribution is 2.17. The third-order valence-electron chi connectivity index (χ3n) is 3.22. The summed E-state index contributed by atoms with van der Waals surface area (Å²) in [5.41, 5.74) is 2.18. The zero-order chi connectivity index (χ0) is 17.4. The fourth-order valence-electron chi connectivity index (χ4n) is 2.04. The van der Waals surface area contributed by atoms with Gasteiger partial charge in [-0.1, -0.05) is 41.2 Å². The van der Waals surface area contributed by atoms with Crippen LogP contribution in [0.1, 0.15) is 29.0 Å². The molecule has 0 fully saturated rings. The molecule has 0 bridgehead atoms. The molecule has 0 unspecified atom stereocenters. The predicted octanol–water partition coefficient (Wildman–Crippen LogP) is 2.66. The highest BCUT2D eigenvalue weighted by atomic mass is 32.1. The Morgan fingerprint density at radius 2 is 2.12 bits per heavy atom. The first kappa shape index (κ1) is 17.9. The molecule has 0 spiro atoms. The van der Waals surface area contributed by atoms with Gasteiger partial charge in [-0.3, -0.25) is 10.1 Å². The van der Waals surface area contributed by atoms with Crippen LogP contribution in [0.25, 0.3) is 0 Å². The lowest BCUT2D eigenvalue weighted by Crippen LogP contribution is -2.28. The molecular weight excluding hydrogens is 328 g/mol. The van der Waals surface area contributed by atoms with Crippen molar-refractivity contribution in [3.63, 3.8) is 0 Å². The second-order valence-corrected chi connectivity index (χ2v) is 6.29. The summed E-state index contributed by atoms with van der Waals surface area (Å²) in [4.78, 5) is 22.9. The monoisotopic (exact) mass is 348 g/mol. The van der Waals surface area contributed by atoms with Crippen LogP contribution in [0.4, 0.5) is 9.93 Å². The standard InChI is InChI=1S/C16H20N4O3S/c1-11-5-3-6-12(9-11)10-17-15(22)18-16-20-19-13(24-16)7-4-8-14(21)23-2/h3,5-6,9H,4,7-8,10H2,1-2H3,(H2,17,18,20,22). The molecule has 7 nitrogen and oxygen atoms in total. The third-order valence-corrected chi connectivity index (χ3v) is 4.12. The molecule has 0 aliphatic rings. The minimum Gasteiger partial charge on any atom is -0.469 e. The molecule has 0 aliphatic carbocycles. The van der Waals surface area contributed by atoms with Crippen molar-refractivity contribution in [1.29, 1.82) is 0 Å². The lowest BCUT2D eigenvalue weighted by molar-refractivity contribution is -0.140. The summed E-state index contributed by atoms with van der Waals surface area (Å²) in [5, 5.41) is 14.6.